The van der Waals surface area contributed by atoms with Crippen LogP contribution in [0.2, 0.25) is 0 Å². The highest BCUT2D eigenvalue weighted by atomic mass is 127. The van der Waals surface area contributed by atoms with Crippen molar-refractivity contribution >= 4 is 29.9 Å². The van der Waals surface area contributed by atoms with Crippen molar-refractivity contribution in [2.24, 2.45) is 4.99 Å². The molecule has 0 radical (unpaired) electrons. The molecule has 1 heterocycles. The van der Waals surface area contributed by atoms with E-state index < -0.39 is 0 Å². The number of hydrogen-bond donors (Lipinski definition) is 0. The summed E-state index contributed by atoms with van der Waals surface area (Å²) >= 11 is 0. The third-order valence-electron chi connectivity index (χ3n) is 2.09. The van der Waals surface area contributed by atoms with E-state index >= 15 is 0 Å². The second kappa shape index (κ2) is 7.52. The van der Waals surface area contributed by atoms with E-state index in [1.54, 1.807) is 0 Å². The predicted octanol–water partition coefficient (Wildman–Crippen LogP) is 1.62. The highest BCUT2D eigenvalue weighted by Crippen LogP contribution is 2.03. The number of halogens is 1. The second-order valence-corrected chi connectivity index (χ2v) is 4.16. The van der Waals surface area contributed by atoms with Gasteiger partial charge in [0.1, 0.15) is 5.76 Å². The summed E-state index contributed by atoms with van der Waals surface area (Å²) in [4.78, 5) is 8.49. The van der Waals surface area contributed by atoms with Gasteiger partial charge in [-0.25, -0.2) is 0 Å². The summed E-state index contributed by atoms with van der Waals surface area (Å²) < 4.78 is 5.12. The lowest BCUT2D eigenvalue weighted by molar-refractivity contribution is 0.380. The Labute approximate surface area is 120 Å². The molecule has 0 N–H and O–H groups in total. The van der Waals surface area contributed by atoms with Crippen LogP contribution in [-0.4, -0.2) is 55.7 Å². The number of nitrogens with zero attached hydrogens (tertiary/aromatic N) is 4. The molecule has 0 saturated heterocycles. The highest BCUT2D eigenvalue weighted by molar-refractivity contribution is 14.0. The quantitative estimate of drug-likeness (QED) is 0.471. The summed E-state index contributed by atoms with van der Waals surface area (Å²) in [5, 5.41) is 3.84. The summed E-state index contributed by atoms with van der Waals surface area (Å²) in [7, 11) is 7.93. The Balaban J connectivity index is 0.00000256. The fraction of sp³-hybridized carbons (Fsp3) is 0.636. The Bertz CT molecular complexity index is 350. The van der Waals surface area contributed by atoms with E-state index in [9.17, 15) is 0 Å². The van der Waals surface area contributed by atoms with Crippen LogP contribution in [0, 0.1) is 6.92 Å². The SMILES string of the molecule is Cc1cc(CCN=C(N(C)C)N(C)C)on1.I. The number of aromatic nitrogens is 1. The van der Waals surface area contributed by atoms with Gasteiger partial charge in [0, 0.05) is 47.2 Å². The maximum absolute atomic E-state index is 5.12. The van der Waals surface area contributed by atoms with Crippen molar-refractivity contribution in [3.05, 3.63) is 17.5 Å². The van der Waals surface area contributed by atoms with Crippen LogP contribution in [0.1, 0.15) is 11.5 Å². The summed E-state index contributed by atoms with van der Waals surface area (Å²) in [5.41, 5.74) is 0.916. The molecule has 1 rings (SSSR count). The van der Waals surface area contributed by atoms with Gasteiger partial charge in [-0.1, -0.05) is 5.16 Å². The minimum absolute atomic E-state index is 0. The number of rotatable bonds is 3. The lowest BCUT2D eigenvalue weighted by Gasteiger charge is -2.22. The lowest BCUT2D eigenvalue weighted by Crippen LogP contribution is -2.35. The first-order chi connectivity index (χ1) is 7.50. The first-order valence-corrected chi connectivity index (χ1v) is 5.32. The molecule has 0 aromatic carbocycles. The zero-order valence-electron chi connectivity index (χ0n) is 11.1. The van der Waals surface area contributed by atoms with E-state index in [0.717, 1.165) is 23.8 Å². The first kappa shape index (κ1) is 16.2. The maximum atomic E-state index is 5.12. The first-order valence-electron chi connectivity index (χ1n) is 5.32. The predicted molar refractivity (Wildman–Crippen MR) is 80.0 cm³/mol. The largest absolute Gasteiger partial charge is 0.361 e. The molecule has 0 aliphatic rings. The molecule has 0 bridgehead atoms. The zero-order chi connectivity index (χ0) is 12.1. The van der Waals surface area contributed by atoms with Gasteiger partial charge in [0.25, 0.3) is 0 Å². The number of aliphatic imine (C=N–C) groups is 1. The molecule has 5 nitrogen and oxygen atoms in total. The summed E-state index contributed by atoms with van der Waals surface area (Å²) in [6.07, 6.45) is 0.784. The van der Waals surface area contributed by atoms with Crippen LogP contribution in [0.5, 0.6) is 0 Å². The van der Waals surface area contributed by atoms with Crippen LogP contribution >= 0.6 is 24.0 Å². The molecule has 0 atom stereocenters. The molecule has 0 fully saturated rings. The normalized spacial score (nSPS) is 9.47. The van der Waals surface area contributed by atoms with Crippen molar-refractivity contribution in [3.63, 3.8) is 0 Å². The van der Waals surface area contributed by atoms with Gasteiger partial charge >= 0.3 is 0 Å². The minimum Gasteiger partial charge on any atom is -0.361 e. The fourth-order valence-corrected chi connectivity index (χ4v) is 1.48. The molecule has 1 aromatic heterocycles. The Hall–Kier alpha value is -0.790. The molecule has 0 amide bonds. The van der Waals surface area contributed by atoms with Crippen molar-refractivity contribution in [2.75, 3.05) is 34.7 Å². The fourth-order valence-electron chi connectivity index (χ4n) is 1.48. The molecular weight excluding hydrogens is 331 g/mol. The molecular formula is C11H21IN4O. The van der Waals surface area contributed by atoms with E-state index in [2.05, 4.69) is 10.1 Å². The summed E-state index contributed by atoms with van der Waals surface area (Å²) in [6.45, 7) is 2.63. The maximum Gasteiger partial charge on any atom is 0.195 e. The number of guanidine groups is 1. The van der Waals surface area contributed by atoms with E-state index in [1.807, 2.05) is 51.0 Å². The summed E-state index contributed by atoms with van der Waals surface area (Å²) in [6, 6.07) is 1.94. The van der Waals surface area contributed by atoms with E-state index in [0.29, 0.717) is 6.54 Å². The van der Waals surface area contributed by atoms with Crippen LogP contribution in [0.25, 0.3) is 0 Å². The van der Waals surface area contributed by atoms with Gasteiger partial charge in [0.15, 0.2) is 5.96 Å². The molecule has 0 unspecified atom stereocenters. The van der Waals surface area contributed by atoms with Crippen LogP contribution in [0.4, 0.5) is 0 Å². The van der Waals surface area contributed by atoms with E-state index in [-0.39, 0.29) is 24.0 Å². The van der Waals surface area contributed by atoms with Gasteiger partial charge in [-0.05, 0) is 6.92 Å². The average Bonchev–Trinajstić information content (AvgIpc) is 2.57. The van der Waals surface area contributed by atoms with Crippen molar-refractivity contribution in [2.45, 2.75) is 13.3 Å². The molecule has 6 heteroatoms. The monoisotopic (exact) mass is 352 g/mol. The third kappa shape index (κ3) is 5.38. The zero-order valence-corrected chi connectivity index (χ0v) is 13.4. The van der Waals surface area contributed by atoms with Crippen molar-refractivity contribution in [1.29, 1.82) is 0 Å². The van der Waals surface area contributed by atoms with E-state index in [1.165, 1.54) is 0 Å². The van der Waals surface area contributed by atoms with Gasteiger partial charge in [-0.15, -0.1) is 24.0 Å². The second-order valence-electron chi connectivity index (χ2n) is 4.16. The van der Waals surface area contributed by atoms with Crippen molar-refractivity contribution < 1.29 is 4.52 Å². The topological polar surface area (TPSA) is 44.9 Å². The van der Waals surface area contributed by atoms with Crippen LogP contribution < -0.4 is 0 Å². The standard InChI is InChI=1S/C11H20N4O.HI/c1-9-8-10(16-13-9)6-7-12-11(14(2)3)15(4)5;/h8H,6-7H2,1-5H3;1H. The van der Waals surface area contributed by atoms with Gasteiger partial charge in [-0.2, -0.15) is 0 Å². The molecule has 98 valence electrons. The Kier molecular flexibility index (Phi) is 7.17. The lowest BCUT2D eigenvalue weighted by atomic mass is 10.3. The highest BCUT2D eigenvalue weighted by Gasteiger charge is 2.04. The van der Waals surface area contributed by atoms with Gasteiger partial charge in [0.2, 0.25) is 0 Å². The molecule has 17 heavy (non-hydrogen) atoms. The van der Waals surface area contributed by atoms with Crippen LogP contribution in [0.3, 0.4) is 0 Å². The van der Waals surface area contributed by atoms with Crippen molar-refractivity contribution in [1.82, 2.24) is 15.0 Å². The molecule has 1 aromatic rings. The summed E-state index contributed by atoms with van der Waals surface area (Å²) in [5.74, 6) is 1.84. The Morgan fingerprint density at radius 3 is 2.29 bits per heavy atom. The number of hydrogen-bond acceptors (Lipinski definition) is 3. The van der Waals surface area contributed by atoms with Crippen LogP contribution in [-0.2, 0) is 6.42 Å². The molecule has 0 aliphatic heterocycles. The number of aryl methyl sites for hydroxylation is 1. The van der Waals surface area contributed by atoms with Crippen molar-refractivity contribution in [3.8, 4) is 0 Å². The Morgan fingerprint density at radius 2 is 1.88 bits per heavy atom. The van der Waals surface area contributed by atoms with E-state index in [4.69, 9.17) is 4.52 Å². The molecule has 0 aliphatic carbocycles. The van der Waals surface area contributed by atoms with Crippen LogP contribution in [0.15, 0.2) is 15.6 Å². The molecule has 0 saturated carbocycles. The van der Waals surface area contributed by atoms with Gasteiger partial charge in [-0.3, -0.25) is 4.99 Å². The Morgan fingerprint density at radius 1 is 1.29 bits per heavy atom. The third-order valence-corrected chi connectivity index (χ3v) is 2.09. The van der Waals surface area contributed by atoms with Gasteiger partial charge in [0.05, 0.1) is 5.69 Å². The average molecular weight is 352 g/mol. The van der Waals surface area contributed by atoms with Gasteiger partial charge < -0.3 is 14.3 Å². The smallest absolute Gasteiger partial charge is 0.195 e. The minimum atomic E-state index is 0. The molecule has 0 spiro atoms.